The number of benzene rings is 2. The molecule has 2 rings (SSSR count). The summed E-state index contributed by atoms with van der Waals surface area (Å²) in [6, 6.07) is 18.3. The topological polar surface area (TPSA) is 17.1 Å². The van der Waals surface area contributed by atoms with Gasteiger partial charge in [-0.05, 0) is 23.3 Å². The van der Waals surface area contributed by atoms with E-state index >= 15 is 0 Å². The standard InChI is InChI=1S/C15H13BrO/c16-14-8-6-13(7-9-14)15(10-11-17)12-4-2-1-3-5-12/h1-9,11,15H,10H2/t15-/m1/s1. The van der Waals surface area contributed by atoms with Crippen molar-refractivity contribution in [1.82, 2.24) is 0 Å². The number of carbonyl (C=O) groups is 1. The predicted octanol–water partition coefficient (Wildman–Crippen LogP) is 4.17. The Hall–Kier alpha value is -1.41. The molecule has 0 aliphatic carbocycles. The lowest BCUT2D eigenvalue weighted by Gasteiger charge is -2.15. The number of carbonyl (C=O) groups excluding carboxylic acids is 1. The lowest BCUT2D eigenvalue weighted by molar-refractivity contribution is -0.108. The lowest BCUT2D eigenvalue weighted by Crippen LogP contribution is -2.01. The lowest BCUT2D eigenvalue weighted by atomic mass is 9.89. The molecule has 0 aliphatic heterocycles. The van der Waals surface area contributed by atoms with Crippen LogP contribution in [-0.2, 0) is 4.79 Å². The Morgan fingerprint density at radius 3 is 2.12 bits per heavy atom. The van der Waals surface area contributed by atoms with Crippen LogP contribution in [0.4, 0.5) is 0 Å². The first-order chi connectivity index (χ1) is 8.31. The number of aldehydes is 1. The molecule has 1 nitrogen and oxygen atoms in total. The monoisotopic (exact) mass is 288 g/mol. The maximum atomic E-state index is 10.8. The molecule has 0 unspecified atom stereocenters. The van der Waals surface area contributed by atoms with Gasteiger partial charge in [-0.15, -0.1) is 0 Å². The molecule has 2 heteroatoms. The highest BCUT2D eigenvalue weighted by Gasteiger charge is 2.12. The Morgan fingerprint density at radius 2 is 1.53 bits per heavy atom. The molecule has 2 aromatic carbocycles. The second-order valence-corrected chi connectivity index (χ2v) is 4.83. The van der Waals surface area contributed by atoms with Crippen molar-refractivity contribution in [3.63, 3.8) is 0 Å². The maximum absolute atomic E-state index is 10.8. The summed E-state index contributed by atoms with van der Waals surface area (Å²) in [7, 11) is 0. The van der Waals surface area contributed by atoms with Gasteiger partial charge in [0.15, 0.2) is 0 Å². The van der Waals surface area contributed by atoms with Crippen LogP contribution in [0.5, 0.6) is 0 Å². The Morgan fingerprint density at radius 1 is 0.941 bits per heavy atom. The maximum Gasteiger partial charge on any atom is 0.120 e. The minimum atomic E-state index is 0.154. The third-order valence-electron chi connectivity index (χ3n) is 2.81. The van der Waals surface area contributed by atoms with Crippen LogP contribution in [0.1, 0.15) is 23.5 Å². The SMILES string of the molecule is O=CC[C@H](c1ccccc1)c1ccc(Br)cc1. The van der Waals surface area contributed by atoms with Crippen LogP contribution < -0.4 is 0 Å². The van der Waals surface area contributed by atoms with Gasteiger partial charge in [0, 0.05) is 16.8 Å². The predicted molar refractivity (Wildman–Crippen MR) is 73.1 cm³/mol. The molecule has 0 aliphatic rings. The first-order valence-electron chi connectivity index (χ1n) is 5.55. The quantitative estimate of drug-likeness (QED) is 0.772. The van der Waals surface area contributed by atoms with E-state index in [2.05, 4.69) is 40.2 Å². The average molecular weight is 289 g/mol. The van der Waals surface area contributed by atoms with E-state index in [1.54, 1.807) is 0 Å². The van der Waals surface area contributed by atoms with Gasteiger partial charge < -0.3 is 4.79 Å². The van der Waals surface area contributed by atoms with Crippen molar-refractivity contribution in [2.24, 2.45) is 0 Å². The second-order valence-electron chi connectivity index (χ2n) is 3.92. The van der Waals surface area contributed by atoms with Crippen LogP contribution in [0.3, 0.4) is 0 Å². The second kappa shape index (κ2) is 5.78. The third kappa shape index (κ3) is 3.04. The highest BCUT2D eigenvalue weighted by Crippen LogP contribution is 2.27. The highest BCUT2D eigenvalue weighted by molar-refractivity contribution is 9.10. The third-order valence-corrected chi connectivity index (χ3v) is 3.33. The fourth-order valence-electron chi connectivity index (χ4n) is 1.94. The van der Waals surface area contributed by atoms with Gasteiger partial charge in [-0.3, -0.25) is 0 Å². The molecule has 0 radical (unpaired) electrons. The van der Waals surface area contributed by atoms with Crippen molar-refractivity contribution in [2.75, 3.05) is 0 Å². The molecule has 0 N–H and O–H groups in total. The van der Waals surface area contributed by atoms with Gasteiger partial charge in [-0.1, -0.05) is 58.4 Å². The Kier molecular flexibility index (Phi) is 4.10. The molecule has 0 saturated carbocycles. The van der Waals surface area contributed by atoms with E-state index in [1.165, 1.54) is 11.1 Å². The van der Waals surface area contributed by atoms with Crippen molar-refractivity contribution < 1.29 is 4.79 Å². The molecule has 0 spiro atoms. The van der Waals surface area contributed by atoms with Gasteiger partial charge in [-0.2, -0.15) is 0 Å². The summed E-state index contributed by atoms with van der Waals surface area (Å²) in [6.07, 6.45) is 1.51. The Bertz CT molecular complexity index is 476. The first kappa shape index (κ1) is 12.1. The zero-order chi connectivity index (χ0) is 12.1. The zero-order valence-electron chi connectivity index (χ0n) is 9.34. The molecule has 0 heterocycles. The van der Waals surface area contributed by atoms with Gasteiger partial charge in [0.1, 0.15) is 6.29 Å². The van der Waals surface area contributed by atoms with E-state index < -0.39 is 0 Å². The van der Waals surface area contributed by atoms with Crippen LogP contribution in [-0.4, -0.2) is 6.29 Å². The van der Waals surface area contributed by atoms with Crippen LogP contribution in [0.25, 0.3) is 0 Å². The molecule has 17 heavy (non-hydrogen) atoms. The summed E-state index contributed by atoms with van der Waals surface area (Å²) in [6.45, 7) is 0. The molecular formula is C15H13BrO. The van der Waals surface area contributed by atoms with Crippen molar-refractivity contribution in [3.8, 4) is 0 Å². The van der Waals surface area contributed by atoms with E-state index in [0.29, 0.717) is 6.42 Å². The van der Waals surface area contributed by atoms with Crippen molar-refractivity contribution >= 4 is 22.2 Å². The van der Waals surface area contributed by atoms with Crippen LogP contribution in [0, 0.1) is 0 Å². The summed E-state index contributed by atoms with van der Waals surface area (Å²) in [5.41, 5.74) is 2.36. The fraction of sp³-hybridized carbons (Fsp3) is 0.133. The number of halogens is 1. The van der Waals surface area contributed by atoms with Crippen molar-refractivity contribution in [3.05, 3.63) is 70.2 Å². The van der Waals surface area contributed by atoms with E-state index in [4.69, 9.17) is 0 Å². The van der Waals surface area contributed by atoms with Gasteiger partial charge in [0.05, 0.1) is 0 Å². The van der Waals surface area contributed by atoms with Gasteiger partial charge in [0.25, 0.3) is 0 Å². The van der Waals surface area contributed by atoms with Gasteiger partial charge in [0.2, 0.25) is 0 Å². The molecule has 0 fully saturated rings. The largest absolute Gasteiger partial charge is 0.303 e. The summed E-state index contributed by atoms with van der Waals surface area (Å²) < 4.78 is 1.05. The van der Waals surface area contributed by atoms with Crippen molar-refractivity contribution in [1.29, 1.82) is 0 Å². The smallest absolute Gasteiger partial charge is 0.120 e. The summed E-state index contributed by atoms with van der Waals surface area (Å²) in [5.74, 6) is 0.154. The van der Waals surface area contributed by atoms with Gasteiger partial charge >= 0.3 is 0 Å². The van der Waals surface area contributed by atoms with Crippen molar-refractivity contribution in [2.45, 2.75) is 12.3 Å². The number of hydrogen-bond donors (Lipinski definition) is 0. The van der Waals surface area contributed by atoms with Crippen LogP contribution >= 0.6 is 15.9 Å². The molecule has 0 saturated heterocycles. The minimum absolute atomic E-state index is 0.154. The van der Waals surface area contributed by atoms with Gasteiger partial charge in [-0.25, -0.2) is 0 Å². The highest BCUT2D eigenvalue weighted by atomic mass is 79.9. The van der Waals surface area contributed by atoms with Crippen LogP contribution in [0.2, 0.25) is 0 Å². The number of hydrogen-bond acceptors (Lipinski definition) is 1. The van der Waals surface area contributed by atoms with Crippen LogP contribution in [0.15, 0.2) is 59.1 Å². The summed E-state index contributed by atoms with van der Waals surface area (Å²) in [4.78, 5) is 10.8. The molecule has 0 amide bonds. The van der Waals surface area contributed by atoms with E-state index in [-0.39, 0.29) is 5.92 Å². The normalized spacial score (nSPS) is 12.1. The summed E-state index contributed by atoms with van der Waals surface area (Å²) in [5, 5.41) is 0. The fourth-order valence-corrected chi connectivity index (χ4v) is 2.21. The first-order valence-corrected chi connectivity index (χ1v) is 6.34. The molecule has 86 valence electrons. The van der Waals surface area contributed by atoms with E-state index in [0.717, 1.165) is 10.8 Å². The minimum Gasteiger partial charge on any atom is -0.303 e. The molecule has 1 atom stereocenters. The van der Waals surface area contributed by atoms with E-state index in [1.807, 2.05) is 30.3 Å². The Balaban J connectivity index is 2.35. The molecule has 2 aromatic rings. The van der Waals surface area contributed by atoms with E-state index in [9.17, 15) is 4.79 Å². The molecular weight excluding hydrogens is 276 g/mol. The zero-order valence-corrected chi connectivity index (χ0v) is 10.9. The molecule has 0 bridgehead atoms. The Labute approximate surface area is 110 Å². The number of rotatable bonds is 4. The average Bonchev–Trinajstić information content (AvgIpc) is 2.38. The summed E-state index contributed by atoms with van der Waals surface area (Å²) >= 11 is 3.42. The molecule has 0 aromatic heterocycles.